The Morgan fingerprint density at radius 1 is 0.275 bits per heavy atom. The van der Waals surface area contributed by atoms with Crippen molar-refractivity contribution in [2.24, 2.45) is 0 Å². The maximum Gasteiger partial charge on any atom is 0.164 e. The summed E-state index contributed by atoms with van der Waals surface area (Å²) in [4.78, 5) is 15.7. The Kier molecular flexibility index (Phi) is 9.00. The third-order valence-electron chi connectivity index (χ3n) is 13.6. The lowest BCUT2D eigenvalue weighted by atomic mass is 9.99. The third-order valence-corrected chi connectivity index (χ3v) is 14.8. The summed E-state index contributed by atoms with van der Waals surface area (Å²) in [5, 5.41) is 7.50. The highest BCUT2D eigenvalue weighted by Gasteiger charge is 2.22. The van der Waals surface area contributed by atoms with E-state index in [2.05, 4.69) is 234 Å². The van der Waals surface area contributed by atoms with Gasteiger partial charge in [-0.15, -0.1) is 11.3 Å². The smallest absolute Gasteiger partial charge is 0.164 e. The van der Waals surface area contributed by atoms with E-state index in [4.69, 9.17) is 15.0 Å². The summed E-state index contributed by atoms with van der Waals surface area (Å²) in [5.74, 6) is 1.86. The molecule has 0 spiro atoms. The predicted molar refractivity (Wildman–Crippen MR) is 289 cm³/mol. The fourth-order valence-corrected chi connectivity index (χ4v) is 11.8. The minimum absolute atomic E-state index is 0.612. The van der Waals surface area contributed by atoms with Crippen LogP contribution in [0.3, 0.4) is 0 Å². The molecule has 4 aromatic heterocycles. The molecule has 0 amide bonds. The van der Waals surface area contributed by atoms with Gasteiger partial charge in [0.05, 0.1) is 31.5 Å². The molecule has 5 nitrogen and oxygen atoms in total. The molecule has 0 bridgehead atoms. The highest BCUT2D eigenvalue weighted by Crippen LogP contribution is 2.47. The summed E-state index contributed by atoms with van der Waals surface area (Å²) >= 11 is 1.90. The molecule has 10 aromatic carbocycles. The van der Waals surface area contributed by atoms with Crippen LogP contribution in [0.15, 0.2) is 237 Å². The molecule has 0 radical (unpaired) electrons. The number of fused-ring (bicyclic) bond motifs is 11. The van der Waals surface area contributed by atoms with Gasteiger partial charge in [-0.3, -0.25) is 0 Å². The largest absolute Gasteiger partial charge is 0.308 e. The lowest BCUT2D eigenvalue weighted by molar-refractivity contribution is 1.07. The molecule has 6 heteroatoms. The number of nitrogens with zero attached hydrogens (tertiary/aromatic N) is 5. The van der Waals surface area contributed by atoms with Gasteiger partial charge in [0, 0.05) is 60.4 Å². The third kappa shape index (κ3) is 6.34. The molecule has 0 saturated heterocycles. The zero-order valence-electron chi connectivity index (χ0n) is 37.2. The molecule has 14 rings (SSSR count). The summed E-state index contributed by atoms with van der Waals surface area (Å²) < 4.78 is 7.45. The second-order valence-corrected chi connectivity index (χ2v) is 18.6. The van der Waals surface area contributed by atoms with E-state index in [0.717, 1.165) is 55.8 Å². The van der Waals surface area contributed by atoms with Crippen molar-refractivity contribution in [1.29, 1.82) is 0 Å². The Hall–Kier alpha value is -8.97. The van der Waals surface area contributed by atoms with Gasteiger partial charge in [0.2, 0.25) is 0 Å². The van der Waals surface area contributed by atoms with E-state index in [0.29, 0.717) is 17.5 Å². The van der Waals surface area contributed by atoms with Crippen LogP contribution in [0.25, 0.3) is 132 Å². The van der Waals surface area contributed by atoms with Crippen molar-refractivity contribution in [3.05, 3.63) is 237 Å². The SMILES string of the molecule is c1ccc(-c2cccc(-c3nc(-c4ccc(-n5c6ccccc6c6ccc7c8ccc9c%10ccccc%10n(-c%10ccccc%10)c9c8sc7c65)cc4)nc(-c4ccccc4-c4ccccc4)n3)c2)cc1. The minimum Gasteiger partial charge on any atom is -0.308 e. The average molecular weight is 898 g/mol. The zero-order chi connectivity index (χ0) is 45.4. The highest BCUT2D eigenvalue weighted by atomic mass is 32.1. The summed E-state index contributed by atoms with van der Waals surface area (Å²) in [6.07, 6.45) is 0. The second kappa shape index (κ2) is 15.8. The standard InChI is InChI=1S/C63H39N5S/c1-4-17-40(18-5-1)43-21-16-22-44(39-43)62-64-61(65-63(66-62)54-28-11-10-25-47(54)41-19-6-2-7-20-41)42-31-33-46(34-32-42)68-56-30-15-13-27-49(56)51-36-38-53-52-37-35-50-48-26-12-14-29-55(48)67(45-23-8-3-9-24-45)57(50)59(52)69-60(53)58(51)68/h1-39H. The number of para-hydroxylation sites is 3. The molecule has 0 aliphatic heterocycles. The topological polar surface area (TPSA) is 48.5 Å². The van der Waals surface area contributed by atoms with Crippen molar-refractivity contribution in [2.45, 2.75) is 0 Å². The molecular formula is C63H39N5S. The molecule has 0 fully saturated rings. The molecule has 0 aliphatic carbocycles. The normalized spacial score (nSPS) is 11.8. The average Bonchev–Trinajstić information content (AvgIpc) is 4.10. The molecule has 0 unspecified atom stereocenters. The van der Waals surface area contributed by atoms with E-state index >= 15 is 0 Å². The Labute approximate surface area is 401 Å². The van der Waals surface area contributed by atoms with E-state index in [1.807, 2.05) is 23.5 Å². The van der Waals surface area contributed by atoms with Gasteiger partial charge >= 0.3 is 0 Å². The first kappa shape index (κ1) is 39.2. The molecule has 14 aromatic rings. The van der Waals surface area contributed by atoms with E-state index < -0.39 is 0 Å². The van der Waals surface area contributed by atoms with Crippen LogP contribution in [0.2, 0.25) is 0 Å². The van der Waals surface area contributed by atoms with E-state index in [-0.39, 0.29) is 0 Å². The summed E-state index contributed by atoms with van der Waals surface area (Å²) in [6.45, 7) is 0. The Bertz CT molecular complexity index is 4280. The first-order valence-electron chi connectivity index (χ1n) is 23.3. The number of benzene rings is 10. The molecule has 0 aliphatic rings. The van der Waals surface area contributed by atoms with Gasteiger partial charge in [-0.1, -0.05) is 182 Å². The van der Waals surface area contributed by atoms with Crippen molar-refractivity contribution in [3.63, 3.8) is 0 Å². The van der Waals surface area contributed by atoms with Crippen LogP contribution in [0.5, 0.6) is 0 Å². The Morgan fingerprint density at radius 3 is 1.35 bits per heavy atom. The molecule has 4 heterocycles. The summed E-state index contributed by atoms with van der Waals surface area (Å²) in [5.41, 5.74) is 14.2. The first-order valence-corrected chi connectivity index (χ1v) is 24.1. The second-order valence-electron chi connectivity index (χ2n) is 17.5. The van der Waals surface area contributed by atoms with Crippen LogP contribution in [-0.2, 0) is 0 Å². The number of hydrogen-bond acceptors (Lipinski definition) is 4. The van der Waals surface area contributed by atoms with Gasteiger partial charge < -0.3 is 9.13 Å². The quantitative estimate of drug-likeness (QED) is 0.160. The van der Waals surface area contributed by atoms with E-state index in [9.17, 15) is 0 Å². The Morgan fingerprint density at radius 2 is 0.725 bits per heavy atom. The minimum atomic E-state index is 0.612. The fourth-order valence-electron chi connectivity index (χ4n) is 10.4. The number of aromatic nitrogens is 5. The maximum absolute atomic E-state index is 5.26. The van der Waals surface area contributed by atoms with Crippen molar-refractivity contribution in [2.75, 3.05) is 0 Å². The van der Waals surface area contributed by atoms with Gasteiger partial charge in [-0.05, 0) is 76.9 Å². The number of rotatable bonds is 7. The molecular weight excluding hydrogens is 859 g/mol. The maximum atomic E-state index is 5.26. The van der Waals surface area contributed by atoms with Gasteiger partial charge in [0.1, 0.15) is 0 Å². The lowest BCUT2D eigenvalue weighted by Gasteiger charge is -2.13. The van der Waals surface area contributed by atoms with Crippen molar-refractivity contribution in [1.82, 2.24) is 24.1 Å². The predicted octanol–water partition coefficient (Wildman–Crippen LogP) is 16.8. The number of thiophene rings is 1. The van der Waals surface area contributed by atoms with Crippen molar-refractivity contribution in [3.8, 4) is 67.8 Å². The van der Waals surface area contributed by atoms with Gasteiger partial charge in [0.15, 0.2) is 17.5 Å². The highest BCUT2D eigenvalue weighted by molar-refractivity contribution is 7.27. The van der Waals surface area contributed by atoms with Crippen molar-refractivity contribution >= 4 is 75.1 Å². The van der Waals surface area contributed by atoms with Crippen LogP contribution in [0, 0.1) is 0 Å². The Balaban J connectivity index is 0.958. The summed E-state index contributed by atoms with van der Waals surface area (Å²) in [7, 11) is 0. The first-order chi connectivity index (χ1) is 34.2. The lowest BCUT2D eigenvalue weighted by Crippen LogP contribution is -2.01. The van der Waals surface area contributed by atoms with Gasteiger partial charge in [-0.2, -0.15) is 0 Å². The molecule has 0 atom stereocenters. The van der Waals surface area contributed by atoms with Crippen LogP contribution < -0.4 is 0 Å². The monoisotopic (exact) mass is 897 g/mol. The fraction of sp³-hybridized carbons (Fsp3) is 0. The molecule has 69 heavy (non-hydrogen) atoms. The van der Waals surface area contributed by atoms with E-state index in [1.54, 1.807) is 0 Å². The van der Waals surface area contributed by atoms with Gasteiger partial charge in [-0.25, -0.2) is 15.0 Å². The van der Waals surface area contributed by atoms with Crippen LogP contribution in [0.4, 0.5) is 0 Å². The number of hydrogen-bond donors (Lipinski definition) is 0. The van der Waals surface area contributed by atoms with Gasteiger partial charge in [0.25, 0.3) is 0 Å². The van der Waals surface area contributed by atoms with E-state index in [1.165, 1.54) is 58.3 Å². The zero-order valence-corrected chi connectivity index (χ0v) is 38.0. The van der Waals surface area contributed by atoms with Crippen LogP contribution in [-0.4, -0.2) is 24.1 Å². The molecule has 0 saturated carbocycles. The molecule has 0 N–H and O–H groups in total. The van der Waals surface area contributed by atoms with Crippen LogP contribution >= 0.6 is 11.3 Å². The van der Waals surface area contributed by atoms with Crippen molar-refractivity contribution < 1.29 is 0 Å². The summed E-state index contributed by atoms with van der Waals surface area (Å²) in [6, 6.07) is 84.2. The van der Waals surface area contributed by atoms with Crippen LogP contribution in [0.1, 0.15) is 0 Å². The molecule has 322 valence electrons.